The summed E-state index contributed by atoms with van der Waals surface area (Å²) in [6.07, 6.45) is 14.9. The van der Waals surface area contributed by atoms with Crippen LogP contribution in [0.1, 0.15) is 53.8 Å². The van der Waals surface area contributed by atoms with Crippen molar-refractivity contribution in [3.05, 3.63) is 209 Å². The Morgan fingerprint density at radius 2 is 1.09 bits per heavy atom. The number of nitrogens with zero attached hydrogens (tertiary/aromatic N) is 4. The lowest BCUT2D eigenvalue weighted by molar-refractivity contribution is 0.766. The Balaban J connectivity index is 1.07. The minimum atomic E-state index is -0.441. The van der Waals surface area contributed by atoms with Gasteiger partial charge in [-0.05, 0) is 99.5 Å². The van der Waals surface area contributed by atoms with Gasteiger partial charge >= 0.3 is 0 Å². The van der Waals surface area contributed by atoms with E-state index in [1.165, 1.54) is 50.1 Å². The van der Waals surface area contributed by atoms with Gasteiger partial charge in [0.25, 0.3) is 0 Å². The molecule has 0 saturated heterocycles. The van der Waals surface area contributed by atoms with Crippen LogP contribution in [-0.4, -0.2) is 19.9 Å². The van der Waals surface area contributed by atoms with E-state index in [4.69, 9.17) is 15.0 Å². The molecular weight excluding hydrogens is 645 g/mol. The number of fused-ring (bicyclic) bond motifs is 3. The third kappa shape index (κ3) is 5.21. The van der Waals surface area contributed by atoms with Crippen molar-refractivity contribution in [3.8, 4) is 45.0 Å². The minimum absolute atomic E-state index is 0.441. The Morgan fingerprint density at radius 1 is 0.472 bits per heavy atom. The van der Waals surface area contributed by atoms with Crippen LogP contribution in [0.2, 0.25) is 0 Å². The number of pyridine rings is 1. The molecule has 1 atom stereocenters. The highest BCUT2D eigenvalue weighted by atomic mass is 15.0. The molecule has 53 heavy (non-hydrogen) atoms. The molecule has 0 radical (unpaired) electrons. The van der Waals surface area contributed by atoms with Crippen molar-refractivity contribution in [2.24, 2.45) is 0 Å². The summed E-state index contributed by atoms with van der Waals surface area (Å²) >= 11 is 0. The summed E-state index contributed by atoms with van der Waals surface area (Å²) in [6.45, 7) is 0. The molecule has 3 aliphatic rings. The van der Waals surface area contributed by atoms with Crippen molar-refractivity contribution in [2.75, 3.05) is 0 Å². The van der Waals surface area contributed by atoms with Crippen molar-refractivity contribution >= 4 is 5.57 Å². The molecule has 4 heteroatoms. The van der Waals surface area contributed by atoms with E-state index in [2.05, 4.69) is 145 Å². The fourth-order valence-corrected chi connectivity index (χ4v) is 8.67. The van der Waals surface area contributed by atoms with Crippen molar-refractivity contribution < 1.29 is 0 Å². The summed E-state index contributed by atoms with van der Waals surface area (Å²) in [6, 6.07) is 50.0. The maximum atomic E-state index is 5.14. The number of aromatic nitrogens is 4. The van der Waals surface area contributed by atoms with E-state index < -0.39 is 5.41 Å². The molecule has 0 fully saturated rings. The standard InChI is InChI=1S/C49H36N4/c1-3-13-35(14-4-1)46-51-47(53-48(52-46)42-20-11-15-34-12-7-8-18-40(34)42)36-24-22-33(23-25-36)37-26-27-45-43(32-37)41-19-9-10-21-44(41)49(45,38-16-5-2-6-17-38)39-28-30-50-31-29-39/h1-7,9-10,12-14,16-17,19-32H,8,11,15,18H2. The van der Waals surface area contributed by atoms with Crippen LogP contribution >= 0.6 is 0 Å². The Hall–Kier alpha value is -6.52. The largest absolute Gasteiger partial charge is 0.265 e. The Labute approximate surface area is 310 Å². The summed E-state index contributed by atoms with van der Waals surface area (Å²) in [7, 11) is 0. The Morgan fingerprint density at radius 3 is 1.89 bits per heavy atom. The van der Waals surface area contributed by atoms with Gasteiger partial charge in [0.05, 0.1) is 5.41 Å². The Kier molecular flexibility index (Phi) is 7.61. The van der Waals surface area contributed by atoms with E-state index in [-0.39, 0.29) is 0 Å². The van der Waals surface area contributed by atoms with E-state index in [0.29, 0.717) is 11.6 Å². The molecule has 0 spiro atoms. The van der Waals surface area contributed by atoms with Crippen LogP contribution in [0.25, 0.3) is 50.6 Å². The molecule has 0 bridgehead atoms. The molecule has 2 heterocycles. The predicted molar refractivity (Wildman–Crippen MR) is 214 cm³/mol. The zero-order valence-corrected chi connectivity index (χ0v) is 29.3. The van der Waals surface area contributed by atoms with Gasteiger partial charge in [-0.1, -0.05) is 140 Å². The van der Waals surface area contributed by atoms with Crippen molar-refractivity contribution in [2.45, 2.75) is 31.1 Å². The fourth-order valence-electron chi connectivity index (χ4n) is 8.67. The average Bonchev–Trinajstić information content (AvgIpc) is 3.55. The summed E-state index contributed by atoms with van der Waals surface area (Å²) in [5.74, 6) is 2.14. The molecule has 0 N–H and O–H groups in total. The maximum absolute atomic E-state index is 5.14. The molecular formula is C49H36N4. The second kappa shape index (κ2) is 12.9. The van der Waals surface area contributed by atoms with Gasteiger partial charge < -0.3 is 0 Å². The molecule has 0 aliphatic heterocycles. The van der Waals surface area contributed by atoms with Gasteiger partial charge in [-0.15, -0.1) is 0 Å². The molecule has 0 saturated carbocycles. The van der Waals surface area contributed by atoms with Gasteiger partial charge in [0.15, 0.2) is 17.5 Å². The SMILES string of the molecule is C1=CC2=C(CC1)C(c1nc(-c3ccccc3)nc(-c3ccc(-c4ccc5c(c4)-c4ccccc4C5(c4ccccc4)c4ccncc4)cc3)n1)=CCC2. The topological polar surface area (TPSA) is 51.6 Å². The van der Waals surface area contributed by atoms with Gasteiger partial charge in [-0.25, -0.2) is 15.0 Å². The lowest BCUT2D eigenvalue weighted by Gasteiger charge is -2.33. The van der Waals surface area contributed by atoms with Crippen LogP contribution in [0.4, 0.5) is 0 Å². The average molecular weight is 681 g/mol. The van der Waals surface area contributed by atoms with Crippen molar-refractivity contribution in [1.82, 2.24) is 19.9 Å². The number of allylic oxidation sites excluding steroid dienone is 6. The highest BCUT2D eigenvalue weighted by molar-refractivity contribution is 5.89. The second-order valence-electron chi connectivity index (χ2n) is 14.0. The number of rotatable bonds is 6. The third-order valence-corrected chi connectivity index (χ3v) is 11.1. The molecule has 1 unspecified atom stereocenters. The number of benzene rings is 5. The lowest BCUT2D eigenvalue weighted by atomic mass is 9.68. The number of hydrogen-bond donors (Lipinski definition) is 0. The highest BCUT2D eigenvalue weighted by Gasteiger charge is 2.46. The first kappa shape index (κ1) is 31.2. The molecule has 0 amide bonds. The predicted octanol–water partition coefficient (Wildman–Crippen LogP) is 11.5. The Bertz CT molecular complexity index is 2550. The quantitative estimate of drug-likeness (QED) is 0.175. The first-order chi connectivity index (χ1) is 26.3. The van der Waals surface area contributed by atoms with Gasteiger partial charge in [0.1, 0.15) is 0 Å². The van der Waals surface area contributed by atoms with Gasteiger partial charge in [-0.3, -0.25) is 4.98 Å². The first-order valence-electron chi connectivity index (χ1n) is 18.5. The summed E-state index contributed by atoms with van der Waals surface area (Å²) < 4.78 is 0. The summed E-state index contributed by atoms with van der Waals surface area (Å²) in [5, 5.41) is 0. The zero-order chi connectivity index (χ0) is 35.2. The summed E-state index contributed by atoms with van der Waals surface area (Å²) in [4.78, 5) is 19.6. The smallest absolute Gasteiger partial charge is 0.164 e. The first-order valence-corrected chi connectivity index (χ1v) is 18.5. The maximum Gasteiger partial charge on any atom is 0.164 e. The minimum Gasteiger partial charge on any atom is -0.265 e. The van der Waals surface area contributed by atoms with Crippen LogP contribution in [-0.2, 0) is 5.41 Å². The fraction of sp³-hybridized carbons (Fsp3) is 0.102. The zero-order valence-electron chi connectivity index (χ0n) is 29.3. The normalized spacial score (nSPS) is 17.2. The molecule has 4 nitrogen and oxygen atoms in total. The van der Waals surface area contributed by atoms with Crippen molar-refractivity contribution in [1.29, 1.82) is 0 Å². The van der Waals surface area contributed by atoms with E-state index in [1.54, 1.807) is 0 Å². The molecule has 7 aromatic rings. The van der Waals surface area contributed by atoms with E-state index in [9.17, 15) is 0 Å². The lowest BCUT2D eigenvalue weighted by Crippen LogP contribution is -2.28. The van der Waals surface area contributed by atoms with Gasteiger partial charge in [0, 0.05) is 29.1 Å². The van der Waals surface area contributed by atoms with Crippen molar-refractivity contribution in [3.63, 3.8) is 0 Å². The van der Waals surface area contributed by atoms with Gasteiger partial charge in [-0.2, -0.15) is 0 Å². The molecule has 10 rings (SSSR count). The second-order valence-corrected chi connectivity index (χ2v) is 14.0. The van der Waals surface area contributed by atoms with E-state index in [0.717, 1.165) is 53.8 Å². The third-order valence-electron chi connectivity index (χ3n) is 11.1. The monoisotopic (exact) mass is 680 g/mol. The van der Waals surface area contributed by atoms with Gasteiger partial charge in [0.2, 0.25) is 0 Å². The van der Waals surface area contributed by atoms with Crippen LogP contribution in [0.15, 0.2) is 181 Å². The van der Waals surface area contributed by atoms with E-state index in [1.807, 2.05) is 30.6 Å². The van der Waals surface area contributed by atoms with E-state index >= 15 is 0 Å². The van der Waals surface area contributed by atoms with Crippen LogP contribution < -0.4 is 0 Å². The van der Waals surface area contributed by atoms with Crippen LogP contribution in [0.3, 0.4) is 0 Å². The van der Waals surface area contributed by atoms with Crippen LogP contribution in [0.5, 0.6) is 0 Å². The number of hydrogen-bond acceptors (Lipinski definition) is 4. The molecule has 5 aromatic carbocycles. The molecule has 252 valence electrons. The molecule has 2 aromatic heterocycles. The highest BCUT2D eigenvalue weighted by Crippen LogP contribution is 2.56. The summed E-state index contributed by atoms with van der Waals surface area (Å²) in [5.41, 5.74) is 15.3. The molecule has 3 aliphatic carbocycles. The van der Waals surface area contributed by atoms with Crippen LogP contribution in [0, 0.1) is 0 Å².